The fraction of sp³-hybridized carbons (Fsp3) is 0.588. The van der Waals surface area contributed by atoms with Crippen molar-refractivity contribution in [1.82, 2.24) is 15.5 Å². The molecule has 2 bridgehead atoms. The SMILES string of the molecule is CN(CCNC(=O)N[C@H]1C[C@H]2CC[C@H]1O2)Cc1ccccc1. The molecule has 0 saturated carbocycles. The molecule has 0 unspecified atom stereocenters. The topological polar surface area (TPSA) is 53.6 Å². The molecule has 3 rings (SSSR count). The number of amides is 2. The second-order valence-corrected chi connectivity index (χ2v) is 6.34. The Kier molecular flexibility index (Phi) is 4.95. The molecule has 1 aromatic carbocycles. The van der Waals surface area contributed by atoms with Gasteiger partial charge >= 0.3 is 6.03 Å². The van der Waals surface area contributed by atoms with Crippen molar-refractivity contribution in [2.24, 2.45) is 0 Å². The molecule has 120 valence electrons. The smallest absolute Gasteiger partial charge is 0.315 e. The van der Waals surface area contributed by atoms with E-state index in [0.717, 1.165) is 32.4 Å². The van der Waals surface area contributed by atoms with E-state index in [9.17, 15) is 4.79 Å². The maximum absolute atomic E-state index is 11.9. The molecule has 0 aromatic heterocycles. The van der Waals surface area contributed by atoms with Crippen LogP contribution >= 0.6 is 0 Å². The van der Waals surface area contributed by atoms with Crippen LogP contribution in [0.3, 0.4) is 0 Å². The summed E-state index contributed by atoms with van der Waals surface area (Å²) in [7, 11) is 2.07. The van der Waals surface area contributed by atoms with Crippen LogP contribution in [0, 0.1) is 0 Å². The Morgan fingerprint density at radius 2 is 2.14 bits per heavy atom. The second kappa shape index (κ2) is 7.11. The van der Waals surface area contributed by atoms with Crippen molar-refractivity contribution in [1.29, 1.82) is 0 Å². The molecule has 2 fully saturated rings. The lowest BCUT2D eigenvalue weighted by atomic mass is 9.96. The van der Waals surface area contributed by atoms with Gasteiger partial charge in [-0.05, 0) is 31.9 Å². The molecular formula is C17H25N3O2. The van der Waals surface area contributed by atoms with Gasteiger partial charge in [-0.3, -0.25) is 0 Å². The van der Waals surface area contributed by atoms with Crippen LogP contribution < -0.4 is 10.6 Å². The fourth-order valence-corrected chi connectivity index (χ4v) is 3.34. The number of nitrogens with zero attached hydrogens (tertiary/aromatic N) is 1. The maximum atomic E-state index is 11.9. The number of hydrogen-bond acceptors (Lipinski definition) is 3. The summed E-state index contributed by atoms with van der Waals surface area (Å²) in [6.07, 6.45) is 3.79. The average Bonchev–Trinajstić information content (AvgIpc) is 3.11. The molecule has 22 heavy (non-hydrogen) atoms. The average molecular weight is 303 g/mol. The van der Waals surface area contributed by atoms with E-state index in [1.165, 1.54) is 5.56 Å². The number of nitrogens with one attached hydrogen (secondary N) is 2. The van der Waals surface area contributed by atoms with Crippen LogP contribution in [0.4, 0.5) is 4.79 Å². The fourth-order valence-electron chi connectivity index (χ4n) is 3.34. The number of ether oxygens (including phenoxy) is 1. The summed E-state index contributed by atoms with van der Waals surface area (Å²) in [5.74, 6) is 0. The van der Waals surface area contributed by atoms with Crippen molar-refractivity contribution >= 4 is 6.03 Å². The summed E-state index contributed by atoms with van der Waals surface area (Å²) in [5, 5.41) is 5.98. The zero-order chi connectivity index (χ0) is 15.4. The molecule has 1 aromatic rings. The van der Waals surface area contributed by atoms with Crippen molar-refractivity contribution in [2.75, 3.05) is 20.1 Å². The molecule has 2 saturated heterocycles. The van der Waals surface area contributed by atoms with Gasteiger partial charge in [-0.1, -0.05) is 30.3 Å². The highest BCUT2D eigenvalue weighted by atomic mass is 16.5. The Labute approximate surface area is 132 Å². The number of hydrogen-bond donors (Lipinski definition) is 2. The number of carbonyl (C=O) groups is 1. The molecule has 2 heterocycles. The first-order valence-electron chi connectivity index (χ1n) is 8.13. The number of rotatable bonds is 6. The lowest BCUT2D eigenvalue weighted by Gasteiger charge is -2.21. The summed E-state index contributed by atoms with van der Waals surface area (Å²) in [5.41, 5.74) is 1.29. The summed E-state index contributed by atoms with van der Waals surface area (Å²) >= 11 is 0. The Morgan fingerprint density at radius 1 is 1.32 bits per heavy atom. The second-order valence-electron chi connectivity index (χ2n) is 6.34. The van der Waals surface area contributed by atoms with Crippen LogP contribution in [-0.4, -0.2) is 49.3 Å². The highest BCUT2D eigenvalue weighted by molar-refractivity contribution is 5.74. The first kappa shape index (κ1) is 15.3. The van der Waals surface area contributed by atoms with E-state index in [1.54, 1.807) is 0 Å². The summed E-state index contributed by atoms with van der Waals surface area (Å²) in [4.78, 5) is 14.1. The lowest BCUT2D eigenvalue weighted by Crippen LogP contribution is -2.47. The first-order valence-corrected chi connectivity index (χ1v) is 8.13. The number of benzene rings is 1. The minimum absolute atomic E-state index is 0.0748. The Balaban J connectivity index is 1.32. The molecule has 5 heteroatoms. The molecule has 3 atom stereocenters. The zero-order valence-electron chi connectivity index (χ0n) is 13.1. The van der Waals surface area contributed by atoms with E-state index in [2.05, 4.69) is 34.7 Å². The molecule has 5 nitrogen and oxygen atoms in total. The van der Waals surface area contributed by atoms with Crippen molar-refractivity contribution in [3.63, 3.8) is 0 Å². The van der Waals surface area contributed by atoms with Crippen LogP contribution in [-0.2, 0) is 11.3 Å². The number of fused-ring (bicyclic) bond motifs is 2. The van der Waals surface area contributed by atoms with E-state index in [0.29, 0.717) is 12.6 Å². The third-order valence-corrected chi connectivity index (χ3v) is 4.50. The maximum Gasteiger partial charge on any atom is 0.315 e. The summed E-state index contributed by atoms with van der Waals surface area (Å²) < 4.78 is 5.74. The van der Waals surface area contributed by atoms with Crippen molar-refractivity contribution in [3.05, 3.63) is 35.9 Å². The lowest BCUT2D eigenvalue weighted by molar-refractivity contribution is 0.0981. The highest BCUT2D eigenvalue weighted by Crippen LogP contribution is 2.34. The van der Waals surface area contributed by atoms with Gasteiger partial charge in [-0.2, -0.15) is 0 Å². The summed E-state index contributed by atoms with van der Waals surface area (Å²) in [6.45, 7) is 2.37. The molecule has 2 aliphatic heterocycles. The normalized spacial score (nSPS) is 26.4. The van der Waals surface area contributed by atoms with E-state index in [-0.39, 0.29) is 18.2 Å². The Bertz CT molecular complexity index is 494. The Morgan fingerprint density at radius 3 is 2.82 bits per heavy atom. The standard InChI is InChI=1S/C17H25N3O2/c1-20(12-13-5-3-2-4-6-13)10-9-18-17(21)19-15-11-14-7-8-16(15)22-14/h2-6,14-16H,7-12H2,1H3,(H2,18,19,21)/t14-,15+,16-/m1/s1. The van der Waals surface area contributed by atoms with Crippen LogP contribution in [0.25, 0.3) is 0 Å². The number of carbonyl (C=O) groups excluding carboxylic acids is 1. The van der Waals surface area contributed by atoms with Crippen LogP contribution in [0.1, 0.15) is 24.8 Å². The van der Waals surface area contributed by atoms with Crippen molar-refractivity contribution in [2.45, 2.75) is 44.1 Å². The quantitative estimate of drug-likeness (QED) is 0.841. The third-order valence-electron chi connectivity index (χ3n) is 4.50. The monoisotopic (exact) mass is 303 g/mol. The van der Waals surface area contributed by atoms with Gasteiger partial charge in [0.05, 0.1) is 18.2 Å². The molecule has 0 radical (unpaired) electrons. The van der Waals surface area contributed by atoms with E-state index in [1.807, 2.05) is 18.2 Å². The summed E-state index contributed by atoms with van der Waals surface area (Å²) in [6, 6.07) is 10.5. The van der Waals surface area contributed by atoms with Gasteiger partial charge in [-0.25, -0.2) is 4.79 Å². The molecule has 0 spiro atoms. The minimum Gasteiger partial charge on any atom is -0.373 e. The number of likely N-dealkylation sites (N-methyl/N-ethyl adjacent to an activating group) is 1. The third kappa shape index (κ3) is 3.99. The van der Waals surface area contributed by atoms with Gasteiger partial charge in [0, 0.05) is 19.6 Å². The van der Waals surface area contributed by atoms with Gasteiger partial charge in [0.1, 0.15) is 0 Å². The molecule has 2 aliphatic rings. The van der Waals surface area contributed by atoms with Crippen molar-refractivity contribution < 1.29 is 9.53 Å². The van der Waals surface area contributed by atoms with E-state index in [4.69, 9.17) is 4.74 Å². The molecule has 0 aliphatic carbocycles. The molecule has 2 N–H and O–H groups in total. The van der Waals surface area contributed by atoms with Crippen molar-refractivity contribution in [3.8, 4) is 0 Å². The predicted octanol–water partition coefficient (Wildman–Crippen LogP) is 1.74. The zero-order valence-corrected chi connectivity index (χ0v) is 13.1. The van der Waals surface area contributed by atoms with Gasteiger partial charge < -0.3 is 20.3 Å². The largest absolute Gasteiger partial charge is 0.373 e. The van der Waals surface area contributed by atoms with Crippen LogP contribution in [0.15, 0.2) is 30.3 Å². The Hall–Kier alpha value is -1.59. The van der Waals surface area contributed by atoms with Crippen LogP contribution in [0.5, 0.6) is 0 Å². The minimum atomic E-state index is -0.0748. The number of urea groups is 1. The molecule has 2 amide bonds. The van der Waals surface area contributed by atoms with Gasteiger partial charge in [0.25, 0.3) is 0 Å². The van der Waals surface area contributed by atoms with Gasteiger partial charge in [-0.15, -0.1) is 0 Å². The predicted molar refractivity (Wildman–Crippen MR) is 85.6 cm³/mol. The van der Waals surface area contributed by atoms with E-state index < -0.39 is 0 Å². The highest BCUT2D eigenvalue weighted by Gasteiger charge is 2.41. The van der Waals surface area contributed by atoms with Gasteiger partial charge in [0.15, 0.2) is 0 Å². The molecular weight excluding hydrogens is 278 g/mol. The van der Waals surface area contributed by atoms with E-state index >= 15 is 0 Å². The first-order chi connectivity index (χ1) is 10.7. The van der Waals surface area contributed by atoms with Crippen LogP contribution in [0.2, 0.25) is 0 Å². The van der Waals surface area contributed by atoms with Gasteiger partial charge in [0.2, 0.25) is 0 Å².